The first-order chi connectivity index (χ1) is 20.6. The van der Waals surface area contributed by atoms with Gasteiger partial charge >= 0.3 is 12.0 Å². The van der Waals surface area contributed by atoms with Crippen molar-refractivity contribution in [3.8, 4) is 0 Å². The first-order valence-corrected chi connectivity index (χ1v) is 15.0. The Balaban J connectivity index is 1.47. The predicted octanol–water partition coefficient (Wildman–Crippen LogP) is 6.44. The van der Waals surface area contributed by atoms with E-state index < -0.39 is 23.7 Å². The molecule has 1 N–H and O–H groups in total. The second-order valence-electron chi connectivity index (χ2n) is 10.3. The molecule has 0 spiro atoms. The fourth-order valence-electron chi connectivity index (χ4n) is 4.98. The van der Waals surface area contributed by atoms with Crippen LogP contribution in [0.4, 0.5) is 4.79 Å². The number of ketones is 1. The maximum atomic E-state index is 13.5. The lowest BCUT2D eigenvalue weighted by Crippen LogP contribution is -2.41. The van der Waals surface area contributed by atoms with Gasteiger partial charge in [-0.05, 0) is 48.2 Å². The van der Waals surface area contributed by atoms with Crippen LogP contribution < -0.4 is 5.32 Å². The van der Waals surface area contributed by atoms with Gasteiger partial charge < -0.3 is 19.9 Å². The van der Waals surface area contributed by atoms with Crippen LogP contribution >= 0.6 is 34.8 Å². The van der Waals surface area contributed by atoms with Crippen LogP contribution in [0.15, 0.2) is 60.7 Å². The standard InChI is InChI=1S/C32H32Cl3N3O5/c1-3-43-31(41)22(17-36-32(42)37(2)18-20-8-5-4-6-9-20)15-27(39)28-26(34)16-25-24(29(28)35)12-13-38(30(25)40)19-21-10-7-11-23(33)14-21/h4-11,14,16,22H,3,12-13,15,17-19H2,1-2H3,(H,36,42)/t22-/m0/s1. The number of hydrogen-bond donors (Lipinski definition) is 1. The Kier molecular flexibility index (Phi) is 11.1. The second-order valence-corrected chi connectivity index (χ2v) is 11.5. The minimum Gasteiger partial charge on any atom is -0.466 e. The minimum atomic E-state index is -0.973. The maximum Gasteiger partial charge on any atom is 0.317 e. The highest BCUT2D eigenvalue weighted by molar-refractivity contribution is 6.41. The van der Waals surface area contributed by atoms with Gasteiger partial charge in [0.2, 0.25) is 0 Å². The van der Waals surface area contributed by atoms with Gasteiger partial charge in [0.15, 0.2) is 5.78 Å². The minimum absolute atomic E-state index is 0.0148. The Hall–Kier alpha value is -3.59. The molecule has 0 aromatic heterocycles. The van der Waals surface area contributed by atoms with E-state index in [1.165, 1.54) is 11.0 Å². The number of fused-ring (bicyclic) bond motifs is 1. The van der Waals surface area contributed by atoms with E-state index in [4.69, 9.17) is 39.5 Å². The van der Waals surface area contributed by atoms with Crippen LogP contribution in [0.5, 0.6) is 0 Å². The topological polar surface area (TPSA) is 96.0 Å². The molecular formula is C32H32Cl3N3O5. The molecule has 0 aliphatic carbocycles. The van der Waals surface area contributed by atoms with Gasteiger partial charge in [-0.1, -0.05) is 77.3 Å². The van der Waals surface area contributed by atoms with Gasteiger partial charge in [0, 0.05) is 50.2 Å². The van der Waals surface area contributed by atoms with Crippen molar-refractivity contribution in [1.29, 1.82) is 0 Å². The number of rotatable bonds is 11. The van der Waals surface area contributed by atoms with Crippen molar-refractivity contribution in [2.75, 3.05) is 26.7 Å². The van der Waals surface area contributed by atoms with Gasteiger partial charge in [-0.15, -0.1) is 0 Å². The van der Waals surface area contributed by atoms with Crippen LogP contribution in [0.3, 0.4) is 0 Å². The normalized spacial score (nSPS) is 13.2. The lowest BCUT2D eigenvalue weighted by molar-refractivity contribution is -0.147. The smallest absolute Gasteiger partial charge is 0.317 e. The van der Waals surface area contributed by atoms with Crippen molar-refractivity contribution in [3.05, 3.63) is 104 Å². The van der Waals surface area contributed by atoms with Crippen molar-refractivity contribution in [2.24, 2.45) is 5.92 Å². The van der Waals surface area contributed by atoms with Crippen LogP contribution in [0.2, 0.25) is 15.1 Å². The van der Waals surface area contributed by atoms with E-state index in [9.17, 15) is 19.2 Å². The summed E-state index contributed by atoms with van der Waals surface area (Å²) in [5, 5.41) is 3.41. The number of carbonyl (C=O) groups is 4. The maximum absolute atomic E-state index is 13.5. The lowest BCUT2D eigenvalue weighted by Gasteiger charge is -2.30. The zero-order chi connectivity index (χ0) is 31.1. The summed E-state index contributed by atoms with van der Waals surface area (Å²) in [7, 11) is 1.64. The predicted molar refractivity (Wildman–Crippen MR) is 167 cm³/mol. The summed E-state index contributed by atoms with van der Waals surface area (Å²) in [6.45, 7) is 2.76. The molecule has 1 heterocycles. The molecule has 1 aliphatic rings. The van der Waals surface area contributed by atoms with Crippen molar-refractivity contribution < 1.29 is 23.9 Å². The third-order valence-corrected chi connectivity index (χ3v) is 8.12. The number of halogens is 3. The quantitative estimate of drug-likeness (QED) is 0.192. The number of nitrogens with zero attached hydrogens (tertiary/aromatic N) is 2. The summed E-state index contributed by atoms with van der Waals surface area (Å²) >= 11 is 19.3. The van der Waals surface area contributed by atoms with Crippen molar-refractivity contribution in [3.63, 3.8) is 0 Å². The van der Waals surface area contributed by atoms with E-state index in [-0.39, 0.29) is 41.1 Å². The van der Waals surface area contributed by atoms with E-state index in [0.717, 1.165) is 11.1 Å². The molecule has 0 fully saturated rings. The highest BCUT2D eigenvalue weighted by Gasteiger charge is 2.32. The molecule has 0 saturated carbocycles. The summed E-state index contributed by atoms with van der Waals surface area (Å²) in [5.41, 5.74) is 2.73. The average molecular weight is 645 g/mol. The zero-order valence-electron chi connectivity index (χ0n) is 23.9. The summed E-state index contributed by atoms with van der Waals surface area (Å²) in [6.07, 6.45) is 0.123. The fourth-order valence-corrected chi connectivity index (χ4v) is 5.95. The van der Waals surface area contributed by atoms with Crippen LogP contribution in [0, 0.1) is 5.92 Å². The molecule has 0 bridgehead atoms. The molecule has 1 aliphatic heterocycles. The van der Waals surface area contributed by atoms with E-state index in [1.807, 2.05) is 42.5 Å². The monoisotopic (exact) mass is 643 g/mol. The van der Waals surface area contributed by atoms with Crippen molar-refractivity contribution in [2.45, 2.75) is 32.9 Å². The first-order valence-electron chi connectivity index (χ1n) is 13.9. The van der Waals surface area contributed by atoms with Gasteiger partial charge in [-0.3, -0.25) is 14.4 Å². The van der Waals surface area contributed by atoms with E-state index >= 15 is 0 Å². The number of nitrogens with one attached hydrogen (secondary N) is 1. The Labute approximate surface area is 265 Å². The van der Waals surface area contributed by atoms with Crippen LogP contribution in [0.1, 0.15) is 50.8 Å². The van der Waals surface area contributed by atoms with Gasteiger partial charge in [0.25, 0.3) is 5.91 Å². The summed E-state index contributed by atoms with van der Waals surface area (Å²) < 4.78 is 5.18. The molecule has 0 saturated heterocycles. The highest BCUT2D eigenvalue weighted by atomic mass is 35.5. The molecule has 1 atom stereocenters. The Morgan fingerprint density at radius 2 is 1.74 bits per heavy atom. The molecule has 3 aromatic rings. The third kappa shape index (κ3) is 8.07. The molecule has 0 radical (unpaired) electrons. The number of urea groups is 1. The van der Waals surface area contributed by atoms with E-state index in [1.54, 1.807) is 31.0 Å². The Morgan fingerprint density at radius 3 is 2.44 bits per heavy atom. The van der Waals surface area contributed by atoms with E-state index in [0.29, 0.717) is 42.2 Å². The molecule has 3 aromatic carbocycles. The van der Waals surface area contributed by atoms with Gasteiger partial charge in [0.1, 0.15) is 0 Å². The Bertz CT molecular complexity index is 1520. The number of benzene rings is 3. The molecular weight excluding hydrogens is 613 g/mol. The zero-order valence-corrected chi connectivity index (χ0v) is 26.1. The number of hydrogen-bond acceptors (Lipinski definition) is 5. The lowest BCUT2D eigenvalue weighted by atomic mass is 9.91. The van der Waals surface area contributed by atoms with Crippen molar-refractivity contribution >= 4 is 58.5 Å². The number of esters is 1. The number of ether oxygens (including phenoxy) is 1. The molecule has 8 nitrogen and oxygen atoms in total. The first kappa shape index (κ1) is 32.3. The molecule has 226 valence electrons. The number of Topliss-reactive ketones (excluding diaryl/α,β-unsaturated/α-hetero) is 1. The number of amides is 3. The van der Waals surface area contributed by atoms with Crippen LogP contribution in [-0.4, -0.2) is 60.2 Å². The van der Waals surface area contributed by atoms with Crippen LogP contribution in [-0.2, 0) is 29.0 Å². The van der Waals surface area contributed by atoms with Gasteiger partial charge in [0.05, 0.1) is 28.1 Å². The Morgan fingerprint density at radius 1 is 1.02 bits per heavy atom. The molecule has 3 amide bonds. The SMILES string of the molecule is CCOC(=O)[C@H](CNC(=O)N(C)Cc1ccccc1)CC(=O)c1c(Cl)cc2c(c1Cl)CCN(Cc1cccc(Cl)c1)C2=O. The van der Waals surface area contributed by atoms with Gasteiger partial charge in [-0.2, -0.15) is 0 Å². The van der Waals surface area contributed by atoms with Gasteiger partial charge in [-0.25, -0.2) is 4.79 Å². The summed E-state index contributed by atoms with van der Waals surface area (Å²) in [5.74, 6) is -2.34. The second kappa shape index (κ2) is 14.7. The fraction of sp³-hybridized carbons (Fsp3) is 0.312. The molecule has 4 rings (SSSR count). The summed E-state index contributed by atoms with van der Waals surface area (Å²) in [4.78, 5) is 55.5. The highest BCUT2D eigenvalue weighted by Crippen LogP contribution is 2.36. The van der Waals surface area contributed by atoms with Crippen molar-refractivity contribution in [1.82, 2.24) is 15.1 Å². The molecule has 43 heavy (non-hydrogen) atoms. The summed E-state index contributed by atoms with van der Waals surface area (Å²) in [6, 6.07) is 17.8. The molecule has 0 unspecified atom stereocenters. The third-order valence-electron chi connectivity index (χ3n) is 7.17. The number of carbonyl (C=O) groups excluding carboxylic acids is 4. The van der Waals surface area contributed by atoms with Crippen LogP contribution in [0.25, 0.3) is 0 Å². The molecule has 11 heteroatoms. The average Bonchev–Trinajstić information content (AvgIpc) is 2.97. The van der Waals surface area contributed by atoms with E-state index in [2.05, 4.69) is 5.32 Å². The largest absolute Gasteiger partial charge is 0.466 e.